The van der Waals surface area contributed by atoms with Crippen LogP contribution in [0, 0.1) is 6.92 Å². The van der Waals surface area contributed by atoms with Gasteiger partial charge in [0.25, 0.3) is 0 Å². The minimum Gasteiger partial charge on any atom is -0.508 e. The fourth-order valence-electron chi connectivity index (χ4n) is 3.17. The second-order valence-electron chi connectivity index (χ2n) is 6.93. The number of phenolic OH excluding ortho intramolecular Hbond substituents is 1. The van der Waals surface area contributed by atoms with Crippen LogP contribution in [0.5, 0.6) is 11.5 Å². The number of nitrogens with one attached hydrogen (secondary N) is 1. The summed E-state index contributed by atoms with van der Waals surface area (Å²) in [6, 6.07) is 15.0. The average Bonchev–Trinajstić information content (AvgIpc) is 3.09. The van der Waals surface area contributed by atoms with E-state index in [1.54, 1.807) is 18.3 Å². The van der Waals surface area contributed by atoms with Crippen LogP contribution >= 0.6 is 0 Å². The third kappa shape index (κ3) is 3.97. The number of aryl methyl sites for hydroxylation is 1. The van der Waals surface area contributed by atoms with E-state index < -0.39 is 0 Å². The van der Waals surface area contributed by atoms with Gasteiger partial charge in [-0.15, -0.1) is 0 Å². The van der Waals surface area contributed by atoms with Crippen molar-refractivity contribution in [3.05, 3.63) is 72.2 Å². The lowest BCUT2D eigenvalue weighted by Gasteiger charge is -2.14. The van der Waals surface area contributed by atoms with Crippen molar-refractivity contribution in [3.8, 4) is 22.6 Å². The molecule has 4 aromatic rings. The predicted molar refractivity (Wildman–Crippen MR) is 109 cm³/mol. The first kappa shape index (κ1) is 18.0. The van der Waals surface area contributed by atoms with Gasteiger partial charge < -0.3 is 15.6 Å². The van der Waals surface area contributed by atoms with Crippen LogP contribution in [0.25, 0.3) is 22.0 Å². The number of pyridine rings is 1. The van der Waals surface area contributed by atoms with E-state index in [1.165, 1.54) is 0 Å². The summed E-state index contributed by atoms with van der Waals surface area (Å²) in [7, 11) is 0. The van der Waals surface area contributed by atoms with Crippen molar-refractivity contribution in [2.45, 2.75) is 19.4 Å². The number of aromatic nitrogens is 3. The second kappa shape index (κ2) is 7.70. The summed E-state index contributed by atoms with van der Waals surface area (Å²) in [4.78, 5) is 4.31. The molecule has 0 aliphatic carbocycles. The Morgan fingerprint density at radius 1 is 1.07 bits per heavy atom. The smallest absolute Gasteiger partial charge is 0.138 e. The number of nitrogens with two attached hydrogens (primary N) is 1. The molecule has 28 heavy (non-hydrogen) atoms. The molecule has 4 N–H and O–H groups in total. The normalized spacial score (nSPS) is 12.2. The zero-order valence-electron chi connectivity index (χ0n) is 15.6. The molecule has 0 fully saturated rings. The van der Waals surface area contributed by atoms with Gasteiger partial charge in [-0.2, -0.15) is 5.10 Å². The summed E-state index contributed by atoms with van der Waals surface area (Å²) in [5, 5.41) is 17.7. The standard InChI is InChI=1S/C22H22N4O2/c1-14-21-10-16(4-7-22(21)26-25-14)17-9-20(12-24-11-17)28-13-18(23)8-15-2-5-19(27)6-3-15/h2-7,9-12,18,27H,8,13,23H2,1H3,(H,25,26)/t18-/m0/s1. The lowest BCUT2D eigenvalue weighted by atomic mass is 10.0. The van der Waals surface area contributed by atoms with E-state index in [-0.39, 0.29) is 11.8 Å². The van der Waals surface area contributed by atoms with E-state index in [0.29, 0.717) is 18.8 Å². The van der Waals surface area contributed by atoms with Crippen LogP contribution in [-0.4, -0.2) is 32.9 Å². The first-order valence-corrected chi connectivity index (χ1v) is 9.15. The lowest BCUT2D eigenvalue weighted by molar-refractivity contribution is 0.286. The molecule has 0 unspecified atom stereocenters. The molecule has 4 rings (SSSR count). The molecule has 0 aliphatic heterocycles. The van der Waals surface area contributed by atoms with Gasteiger partial charge in [-0.25, -0.2) is 0 Å². The molecule has 142 valence electrons. The third-order valence-corrected chi connectivity index (χ3v) is 4.69. The van der Waals surface area contributed by atoms with Crippen molar-refractivity contribution >= 4 is 10.9 Å². The fraction of sp³-hybridized carbons (Fsp3) is 0.182. The molecule has 0 saturated carbocycles. The highest BCUT2D eigenvalue weighted by molar-refractivity contribution is 5.86. The molecule has 6 heteroatoms. The van der Waals surface area contributed by atoms with E-state index in [2.05, 4.69) is 21.2 Å². The number of hydrogen-bond acceptors (Lipinski definition) is 5. The number of benzene rings is 2. The maximum Gasteiger partial charge on any atom is 0.138 e. The monoisotopic (exact) mass is 374 g/mol. The van der Waals surface area contributed by atoms with Gasteiger partial charge in [0.1, 0.15) is 18.1 Å². The van der Waals surface area contributed by atoms with E-state index in [4.69, 9.17) is 10.5 Å². The Balaban J connectivity index is 1.44. The van der Waals surface area contributed by atoms with Crippen LogP contribution in [0.1, 0.15) is 11.3 Å². The van der Waals surface area contributed by atoms with Crippen molar-refractivity contribution in [2.24, 2.45) is 5.73 Å². The van der Waals surface area contributed by atoms with Gasteiger partial charge in [0.05, 0.1) is 11.7 Å². The number of aromatic amines is 1. The largest absolute Gasteiger partial charge is 0.508 e. The quantitative estimate of drug-likeness (QED) is 0.479. The summed E-state index contributed by atoms with van der Waals surface area (Å²) < 4.78 is 5.87. The minimum atomic E-state index is -0.155. The van der Waals surface area contributed by atoms with E-state index in [0.717, 1.165) is 33.3 Å². The molecule has 2 aromatic carbocycles. The van der Waals surface area contributed by atoms with Crippen LogP contribution in [0.4, 0.5) is 0 Å². The SMILES string of the molecule is Cc1[nH]nc2ccc(-c3cncc(OC[C@@H](N)Cc4ccc(O)cc4)c3)cc12. The topological polar surface area (TPSA) is 97.0 Å². The summed E-state index contributed by atoms with van der Waals surface area (Å²) in [5.74, 6) is 0.933. The van der Waals surface area contributed by atoms with E-state index in [1.807, 2.05) is 43.5 Å². The first-order chi connectivity index (χ1) is 13.6. The van der Waals surface area contributed by atoms with Crippen LogP contribution in [0.15, 0.2) is 60.9 Å². The highest BCUT2D eigenvalue weighted by Crippen LogP contribution is 2.27. The van der Waals surface area contributed by atoms with Crippen LogP contribution in [0.2, 0.25) is 0 Å². The Morgan fingerprint density at radius 3 is 2.71 bits per heavy atom. The van der Waals surface area contributed by atoms with E-state index in [9.17, 15) is 5.11 Å². The number of fused-ring (bicyclic) bond motifs is 1. The number of phenols is 1. The van der Waals surface area contributed by atoms with Crippen molar-refractivity contribution < 1.29 is 9.84 Å². The highest BCUT2D eigenvalue weighted by atomic mass is 16.5. The van der Waals surface area contributed by atoms with Gasteiger partial charge in [0.2, 0.25) is 0 Å². The van der Waals surface area contributed by atoms with Crippen molar-refractivity contribution in [1.82, 2.24) is 15.2 Å². The first-order valence-electron chi connectivity index (χ1n) is 9.15. The number of rotatable bonds is 6. The fourth-order valence-corrected chi connectivity index (χ4v) is 3.17. The molecular formula is C22H22N4O2. The van der Waals surface area contributed by atoms with Crippen LogP contribution < -0.4 is 10.5 Å². The summed E-state index contributed by atoms with van der Waals surface area (Å²) >= 11 is 0. The molecule has 1 atom stereocenters. The summed E-state index contributed by atoms with van der Waals surface area (Å²) in [6.45, 7) is 2.39. The Morgan fingerprint density at radius 2 is 1.89 bits per heavy atom. The maximum absolute atomic E-state index is 9.36. The van der Waals surface area contributed by atoms with Gasteiger partial charge in [-0.3, -0.25) is 10.1 Å². The van der Waals surface area contributed by atoms with Crippen molar-refractivity contribution in [2.75, 3.05) is 6.61 Å². The summed E-state index contributed by atoms with van der Waals surface area (Å²) in [5.41, 5.74) is 11.3. The molecule has 0 radical (unpaired) electrons. The van der Waals surface area contributed by atoms with Crippen molar-refractivity contribution in [1.29, 1.82) is 0 Å². The molecule has 0 spiro atoms. The molecule has 0 aliphatic rings. The maximum atomic E-state index is 9.36. The lowest BCUT2D eigenvalue weighted by Crippen LogP contribution is -2.30. The Labute approximate surface area is 163 Å². The number of ether oxygens (including phenoxy) is 1. The van der Waals surface area contributed by atoms with Crippen molar-refractivity contribution in [3.63, 3.8) is 0 Å². The second-order valence-corrected chi connectivity index (χ2v) is 6.93. The Bertz CT molecular complexity index is 1090. The van der Waals surface area contributed by atoms with Crippen LogP contribution in [0.3, 0.4) is 0 Å². The molecule has 0 amide bonds. The van der Waals surface area contributed by atoms with Gasteiger partial charge >= 0.3 is 0 Å². The number of hydrogen-bond donors (Lipinski definition) is 3. The minimum absolute atomic E-state index is 0.155. The van der Waals surface area contributed by atoms with Gasteiger partial charge in [-0.05, 0) is 54.8 Å². The molecule has 0 saturated heterocycles. The third-order valence-electron chi connectivity index (χ3n) is 4.69. The summed E-state index contributed by atoms with van der Waals surface area (Å²) in [6.07, 6.45) is 4.18. The number of aromatic hydroxyl groups is 1. The predicted octanol–water partition coefficient (Wildman–Crippen LogP) is 3.59. The zero-order valence-corrected chi connectivity index (χ0v) is 15.6. The molecule has 6 nitrogen and oxygen atoms in total. The Kier molecular flexibility index (Phi) is 4.95. The van der Waals surface area contributed by atoms with Crippen LogP contribution in [-0.2, 0) is 6.42 Å². The van der Waals surface area contributed by atoms with Gasteiger partial charge in [0.15, 0.2) is 0 Å². The van der Waals surface area contributed by atoms with Gasteiger partial charge in [0, 0.05) is 28.9 Å². The van der Waals surface area contributed by atoms with Gasteiger partial charge in [-0.1, -0.05) is 18.2 Å². The molecule has 2 aromatic heterocycles. The molecular weight excluding hydrogens is 352 g/mol. The molecule has 0 bridgehead atoms. The number of H-pyrrole nitrogens is 1. The van der Waals surface area contributed by atoms with E-state index >= 15 is 0 Å². The molecule has 2 heterocycles. The highest BCUT2D eigenvalue weighted by Gasteiger charge is 2.08. The zero-order chi connectivity index (χ0) is 19.5. The number of nitrogens with zero attached hydrogens (tertiary/aromatic N) is 2. The average molecular weight is 374 g/mol. The Hall–Kier alpha value is -3.38.